The largest absolute Gasteiger partial charge is 0.494 e. The highest BCUT2D eigenvalue weighted by Crippen LogP contribution is 2.27. The Morgan fingerprint density at radius 3 is 2.71 bits per heavy atom. The molecule has 0 fully saturated rings. The first kappa shape index (κ1) is 20.8. The van der Waals surface area contributed by atoms with Crippen LogP contribution in [0.3, 0.4) is 0 Å². The van der Waals surface area contributed by atoms with E-state index in [-0.39, 0.29) is 11.9 Å². The number of rotatable bonds is 8. The number of hydrogen-bond acceptors (Lipinski definition) is 6. The average Bonchev–Trinajstić information content (AvgIpc) is 3.18. The van der Waals surface area contributed by atoms with E-state index in [1.54, 1.807) is 25.1 Å². The van der Waals surface area contributed by atoms with Crippen LogP contribution in [-0.4, -0.2) is 30.1 Å². The minimum Gasteiger partial charge on any atom is -0.494 e. The monoisotopic (exact) mass is 434 g/mol. The Kier molecular flexibility index (Phi) is 6.43. The van der Waals surface area contributed by atoms with E-state index >= 15 is 0 Å². The molecule has 1 heterocycles. The van der Waals surface area contributed by atoms with Gasteiger partial charge >= 0.3 is 5.97 Å². The van der Waals surface area contributed by atoms with Crippen molar-refractivity contribution in [1.82, 2.24) is 4.98 Å². The fourth-order valence-electron chi connectivity index (χ4n) is 3.18. The number of hydrogen-bond donors (Lipinski definition) is 1. The summed E-state index contributed by atoms with van der Waals surface area (Å²) in [5.74, 6) is 0.310. The molecule has 0 atom stereocenters. The number of benzene rings is 3. The zero-order valence-corrected chi connectivity index (χ0v) is 17.9. The van der Waals surface area contributed by atoms with Crippen molar-refractivity contribution in [2.45, 2.75) is 19.8 Å². The summed E-state index contributed by atoms with van der Waals surface area (Å²) in [6.07, 6.45) is 0.925. The minimum atomic E-state index is -0.366. The molecular weight excluding hydrogens is 412 g/mol. The minimum absolute atomic E-state index is 0.119. The van der Waals surface area contributed by atoms with Crippen LogP contribution in [0.25, 0.3) is 21.0 Å². The summed E-state index contributed by atoms with van der Waals surface area (Å²) >= 11 is 1.33. The van der Waals surface area contributed by atoms with Gasteiger partial charge in [0.2, 0.25) is 5.91 Å². The molecule has 4 aromatic rings. The highest BCUT2D eigenvalue weighted by atomic mass is 32.1. The molecule has 0 bridgehead atoms. The van der Waals surface area contributed by atoms with Gasteiger partial charge in [0.25, 0.3) is 0 Å². The molecule has 0 spiro atoms. The molecule has 158 valence electrons. The Labute approximate surface area is 183 Å². The highest BCUT2D eigenvalue weighted by molar-refractivity contribution is 7.22. The van der Waals surface area contributed by atoms with Gasteiger partial charge in [-0.15, -0.1) is 0 Å². The molecule has 0 radical (unpaired) electrons. The third kappa shape index (κ3) is 5.19. The predicted molar refractivity (Wildman–Crippen MR) is 123 cm³/mol. The van der Waals surface area contributed by atoms with Crippen molar-refractivity contribution in [1.29, 1.82) is 0 Å². The van der Waals surface area contributed by atoms with Crippen LogP contribution >= 0.6 is 11.3 Å². The number of thiazole rings is 1. The van der Waals surface area contributed by atoms with Crippen molar-refractivity contribution in [3.63, 3.8) is 0 Å². The van der Waals surface area contributed by atoms with E-state index < -0.39 is 0 Å². The number of anilines is 1. The molecule has 7 heteroatoms. The molecule has 0 aliphatic carbocycles. The summed E-state index contributed by atoms with van der Waals surface area (Å²) in [5.41, 5.74) is 1.20. The van der Waals surface area contributed by atoms with Crippen molar-refractivity contribution < 1.29 is 19.1 Å². The predicted octanol–water partition coefficient (Wildman–Crippen LogP) is 5.42. The number of esters is 1. The lowest BCUT2D eigenvalue weighted by Gasteiger charge is -2.07. The summed E-state index contributed by atoms with van der Waals surface area (Å²) in [7, 11) is 0. The van der Waals surface area contributed by atoms with Crippen LogP contribution in [0.15, 0.2) is 60.7 Å². The summed E-state index contributed by atoms with van der Waals surface area (Å²) < 4.78 is 11.6. The Balaban J connectivity index is 1.28. The second-order valence-electron chi connectivity index (χ2n) is 6.93. The smallest absolute Gasteiger partial charge is 0.338 e. The van der Waals surface area contributed by atoms with E-state index in [0.29, 0.717) is 36.8 Å². The van der Waals surface area contributed by atoms with Gasteiger partial charge in [-0.25, -0.2) is 9.78 Å². The molecule has 6 nitrogen and oxygen atoms in total. The molecule has 31 heavy (non-hydrogen) atoms. The number of amides is 1. The fraction of sp³-hybridized carbons (Fsp3) is 0.208. The van der Waals surface area contributed by atoms with Gasteiger partial charge in [0.1, 0.15) is 5.75 Å². The van der Waals surface area contributed by atoms with E-state index in [9.17, 15) is 9.59 Å². The average molecular weight is 435 g/mol. The zero-order chi connectivity index (χ0) is 21.6. The normalized spacial score (nSPS) is 10.9. The van der Waals surface area contributed by atoms with Crippen molar-refractivity contribution >= 4 is 49.3 Å². The van der Waals surface area contributed by atoms with Gasteiger partial charge in [0.05, 0.1) is 29.0 Å². The summed E-state index contributed by atoms with van der Waals surface area (Å²) in [6, 6.07) is 19.2. The van der Waals surface area contributed by atoms with E-state index in [0.717, 1.165) is 21.4 Å². The molecular formula is C24H22N2O4S. The SMILES string of the molecule is CCOC(=O)c1ccc2nc(NC(=O)CCCOc3ccc4ccccc4c3)sc2c1. The number of aromatic nitrogens is 1. The first-order valence-electron chi connectivity index (χ1n) is 10.1. The molecule has 0 aliphatic heterocycles. The van der Waals surface area contributed by atoms with Crippen LogP contribution in [0.2, 0.25) is 0 Å². The maximum atomic E-state index is 12.3. The van der Waals surface area contributed by atoms with E-state index in [2.05, 4.69) is 16.4 Å². The topological polar surface area (TPSA) is 77.5 Å². The molecule has 0 aliphatic rings. The van der Waals surface area contributed by atoms with E-state index in [4.69, 9.17) is 9.47 Å². The van der Waals surface area contributed by atoms with E-state index in [1.807, 2.05) is 36.4 Å². The molecule has 0 unspecified atom stereocenters. The first-order chi connectivity index (χ1) is 15.1. The Hall–Kier alpha value is -3.45. The number of carbonyl (C=O) groups excluding carboxylic acids is 2. The summed E-state index contributed by atoms with van der Waals surface area (Å²) in [4.78, 5) is 28.5. The zero-order valence-electron chi connectivity index (χ0n) is 17.1. The Morgan fingerprint density at radius 2 is 1.87 bits per heavy atom. The number of carbonyl (C=O) groups is 2. The third-order valence-electron chi connectivity index (χ3n) is 4.68. The van der Waals surface area contributed by atoms with Gasteiger partial charge < -0.3 is 14.8 Å². The van der Waals surface area contributed by atoms with Crippen LogP contribution in [-0.2, 0) is 9.53 Å². The van der Waals surface area contributed by atoms with Crippen molar-refractivity contribution in [3.8, 4) is 5.75 Å². The Morgan fingerprint density at radius 1 is 1.03 bits per heavy atom. The number of fused-ring (bicyclic) bond motifs is 2. The lowest BCUT2D eigenvalue weighted by Crippen LogP contribution is -2.12. The van der Waals surface area contributed by atoms with Gasteiger partial charge in [-0.2, -0.15) is 0 Å². The van der Waals surface area contributed by atoms with Gasteiger partial charge in [0, 0.05) is 6.42 Å². The fourth-order valence-corrected chi connectivity index (χ4v) is 4.10. The van der Waals surface area contributed by atoms with Crippen LogP contribution in [0.4, 0.5) is 5.13 Å². The van der Waals surface area contributed by atoms with Crippen molar-refractivity contribution in [2.75, 3.05) is 18.5 Å². The van der Waals surface area contributed by atoms with Crippen LogP contribution in [0.1, 0.15) is 30.1 Å². The summed E-state index contributed by atoms with van der Waals surface area (Å²) in [6.45, 7) is 2.55. The van der Waals surface area contributed by atoms with Gasteiger partial charge in [0.15, 0.2) is 5.13 Å². The molecule has 1 N–H and O–H groups in total. The Bertz CT molecular complexity index is 1230. The quantitative estimate of drug-likeness (QED) is 0.296. The molecule has 1 aromatic heterocycles. The van der Waals surface area contributed by atoms with E-state index in [1.165, 1.54) is 16.7 Å². The molecule has 4 rings (SSSR count). The van der Waals surface area contributed by atoms with Gasteiger partial charge in [-0.1, -0.05) is 41.7 Å². The maximum absolute atomic E-state index is 12.3. The second kappa shape index (κ2) is 9.57. The number of ether oxygens (including phenoxy) is 2. The van der Waals surface area contributed by atoms with Crippen LogP contribution in [0, 0.1) is 0 Å². The molecule has 3 aromatic carbocycles. The maximum Gasteiger partial charge on any atom is 0.338 e. The standard InChI is InChI=1S/C24H22N2O4S/c1-2-29-23(28)18-10-12-20-21(15-18)31-24(25-20)26-22(27)8-5-13-30-19-11-9-16-6-3-4-7-17(16)14-19/h3-4,6-7,9-12,14-15H,2,5,8,13H2,1H3,(H,25,26,27). The highest BCUT2D eigenvalue weighted by Gasteiger charge is 2.12. The lowest BCUT2D eigenvalue weighted by molar-refractivity contribution is -0.116. The first-order valence-corrected chi connectivity index (χ1v) is 10.9. The van der Waals surface area contributed by atoms with Gasteiger partial charge in [-0.05, 0) is 54.4 Å². The van der Waals surface area contributed by atoms with Gasteiger partial charge in [-0.3, -0.25) is 4.79 Å². The number of nitrogens with one attached hydrogen (secondary N) is 1. The molecule has 0 saturated carbocycles. The van der Waals surface area contributed by atoms with Crippen LogP contribution in [0.5, 0.6) is 5.75 Å². The lowest BCUT2D eigenvalue weighted by atomic mass is 10.1. The summed E-state index contributed by atoms with van der Waals surface area (Å²) in [5, 5.41) is 5.63. The van der Waals surface area contributed by atoms with Crippen molar-refractivity contribution in [2.24, 2.45) is 0 Å². The molecule has 0 saturated heterocycles. The second-order valence-corrected chi connectivity index (χ2v) is 7.96. The third-order valence-corrected chi connectivity index (χ3v) is 5.62. The van der Waals surface area contributed by atoms with Crippen molar-refractivity contribution in [3.05, 3.63) is 66.2 Å². The molecule has 1 amide bonds. The van der Waals surface area contributed by atoms with Crippen LogP contribution < -0.4 is 10.1 Å². The number of nitrogens with zero attached hydrogens (tertiary/aromatic N) is 1.